The van der Waals surface area contributed by atoms with Crippen LogP contribution in [0.5, 0.6) is 5.75 Å². The Labute approximate surface area is 89.4 Å². The standard InChI is InChI=1S/C12H16FNO/c1-4-10-12(14-3)8-5-7(2)9(13)6-11(8)15-10/h5-6,10,12,14H,4H2,1-3H3. The summed E-state index contributed by atoms with van der Waals surface area (Å²) < 4.78 is 19.0. The van der Waals surface area contributed by atoms with E-state index in [2.05, 4.69) is 12.2 Å². The molecule has 0 fully saturated rings. The van der Waals surface area contributed by atoms with Crippen LogP contribution in [0.2, 0.25) is 0 Å². The molecule has 82 valence electrons. The van der Waals surface area contributed by atoms with Crippen molar-refractivity contribution in [3.63, 3.8) is 0 Å². The second-order valence-electron chi connectivity index (χ2n) is 3.97. The predicted octanol–water partition coefficient (Wildman–Crippen LogP) is 2.57. The van der Waals surface area contributed by atoms with Gasteiger partial charge in [-0.15, -0.1) is 0 Å². The van der Waals surface area contributed by atoms with Crippen molar-refractivity contribution >= 4 is 0 Å². The maximum atomic E-state index is 13.3. The van der Waals surface area contributed by atoms with Crippen LogP contribution in [0.1, 0.15) is 30.5 Å². The molecule has 0 saturated carbocycles. The van der Waals surface area contributed by atoms with Crippen LogP contribution in [0, 0.1) is 12.7 Å². The average Bonchev–Trinajstić information content (AvgIpc) is 2.56. The summed E-state index contributed by atoms with van der Waals surface area (Å²) in [5, 5.41) is 3.22. The second-order valence-corrected chi connectivity index (χ2v) is 3.97. The Morgan fingerprint density at radius 3 is 2.80 bits per heavy atom. The molecule has 1 aliphatic heterocycles. The van der Waals surface area contributed by atoms with Gasteiger partial charge in [0.2, 0.25) is 0 Å². The summed E-state index contributed by atoms with van der Waals surface area (Å²) in [6.45, 7) is 3.85. The van der Waals surface area contributed by atoms with Crippen molar-refractivity contribution in [2.75, 3.05) is 7.05 Å². The number of hydrogen-bond donors (Lipinski definition) is 1. The summed E-state index contributed by atoms with van der Waals surface area (Å²) in [6.07, 6.45) is 1.03. The third kappa shape index (κ3) is 1.61. The molecule has 0 amide bonds. The van der Waals surface area contributed by atoms with Gasteiger partial charge >= 0.3 is 0 Å². The first-order chi connectivity index (χ1) is 7.17. The van der Waals surface area contributed by atoms with Crippen LogP contribution >= 0.6 is 0 Å². The highest BCUT2D eigenvalue weighted by molar-refractivity contribution is 5.43. The van der Waals surface area contributed by atoms with E-state index in [1.165, 1.54) is 6.07 Å². The molecule has 0 spiro atoms. The number of ether oxygens (including phenoxy) is 1. The molecule has 15 heavy (non-hydrogen) atoms. The predicted molar refractivity (Wildman–Crippen MR) is 57.6 cm³/mol. The van der Waals surface area contributed by atoms with E-state index in [-0.39, 0.29) is 18.0 Å². The van der Waals surface area contributed by atoms with Crippen molar-refractivity contribution < 1.29 is 9.13 Å². The molecular formula is C12H16FNO. The summed E-state index contributed by atoms with van der Waals surface area (Å²) in [7, 11) is 1.91. The van der Waals surface area contributed by atoms with Gasteiger partial charge in [0.25, 0.3) is 0 Å². The van der Waals surface area contributed by atoms with Gasteiger partial charge < -0.3 is 10.1 Å². The van der Waals surface area contributed by atoms with Crippen molar-refractivity contribution in [1.82, 2.24) is 5.32 Å². The summed E-state index contributed by atoms with van der Waals surface area (Å²) in [5.41, 5.74) is 1.75. The molecule has 2 atom stereocenters. The Morgan fingerprint density at radius 2 is 2.20 bits per heavy atom. The van der Waals surface area contributed by atoms with Crippen LogP contribution in [0.4, 0.5) is 4.39 Å². The van der Waals surface area contributed by atoms with E-state index in [0.29, 0.717) is 11.3 Å². The average molecular weight is 209 g/mol. The highest BCUT2D eigenvalue weighted by Crippen LogP contribution is 2.38. The molecule has 1 heterocycles. The van der Waals surface area contributed by atoms with Crippen LogP contribution in [0.15, 0.2) is 12.1 Å². The Morgan fingerprint density at radius 1 is 1.47 bits per heavy atom. The van der Waals surface area contributed by atoms with E-state index in [0.717, 1.165) is 12.0 Å². The maximum absolute atomic E-state index is 13.3. The first kappa shape index (κ1) is 10.4. The van der Waals surface area contributed by atoms with E-state index < -0.39 is 0 Å². The zero-order valence-electron chi connectivity index (χ0n) is 9.30. The quantitative estimate of drug-likeness (QED) is 0.808. The van der Waals surface area contributed by atoms with Crippen molar-refractivity contribution in [2.45, 2.75) is 32.4 Å². The molecule has 1 aliphatic rings. The highest BCUT2D eigenvalue weighted by atomic mass is 19.1. The van der Waals surface area contributed by atoms with Gasteiger partial charge in [-0.05, 0) is 32.0 Å². The normalized spacial score (nSPS) is 23.7. The number of rotatable bonds is 2. The molecule has 3 heteroatoms. The number of likely N-dealkylation sites (N-methyl/N-ethyl adjacent to an activating group) is 1. The topological polar surface area (TPSA) is 21.3 Å². The highest BCUT2D eigenvalue weighted by Gasteiger charge is 2.32. The molecule has 2 rings (SSSR count). The molecular weight excluding hydrogens is 193 g/mol. The van der Waals surface area contributed by atoms with Crippen LogP contribution in [0.3, 0.4) is 0 Å². The first-order valence-corrected chi connectivity index (χ1v) is 5.31. The van der Waals surface area contributed by atoms with Gasteiger partial charge in [-0.1, -0.05) is 6.92 Å². The van der Waals surface area contributed by atoms with E-state index in [9.17, 15) is 4.39 Å². The summed E-state index contributed by atoms with van der Waals surface area (Å²) in [5.74, 6) is 0.490. The monoisotopic (exact) mass is 209 g/mol. The minimum absolute atomic E-state index is 0.117. The van der Waals surface area contributed by atoms with Gasteiger partial charge in [-0.3, -0.25) is 0 Å². The molecule has 0 aliphatic carbocycles. The lowest BCUT2D eigenvalue weighted by Gasteiger charge is -2.16. The van der Waals surface area contributed by atoms with Crippen LogP contribution < -0.4 is 10.1 Å². The Balaban J connectivity index is 2.44. The van der Waals surface area contributed by atoms with Gasteiger partial charge in [0.1, 0.15) is 17.7 Å². The molecule has 0 aromatic heterocycles. The Kier molecular flexibility index (Phi) is 2.65. The van der Waals surface area contributed by atoms with Gasteiger partial charge in [-0.25, -0.2) is 4.39 Å². The molecule has 1 aromatic carbocycles. The number of halogens is 1. The largest absolute Gasteiger partial charge is 0.488 e. The molecule has 2 nitrogen and oxygen atoms in total. The SMILES string of the molecule is CCC1Oc2cc(F)c(C)cc2C1NC. The van der Waals surface area contributed by atoms with Crippen molar-refractivity contribution in [3.8, 4) is 5.75 Å². The summed E-state index contributed by atoms with van der Waals surface area (Å²) in [4.78, 5) is 0. The first-order valence-electron chi connectivity index (χ1n) is 5.31. The van der Waals surface area contributed by atoms with E-state index in [1.54, 1.807) is 6.92 Å². The van der Waals surface area contributed by atoms with Crippen LogP contribution in [0.25, 0.3) is 0 Å². The lowest BCUT2D eigenvalue weighted by atomic mass is 10.0. The zero-order valence-corrected chi connectivity index (χ0v) is 9.30. The number of fused-ring (bicyclic) bond motifs is 1. The smallest absolute Gasteiger partial charge is 0.129 e. The molecule has 0 radical (unpaired) electrons. The molecule has 0 saturated heterocycles. The number of benzene rings is 1. The fraction of sp³-hybridized carbons (Fsp3) is 0.500. The van der Waals surface area contributed by atoms with Crippen LogP contribution in [-0.2, 0) is 0 Å². The number of nitrogens with one attached hydrogen (secondary N) is 1. The molecule has 2 unspecified atom stereocenters. The lowest BCUT2D eigenvalue weighted by Crippen LogP contribution is -2.27. The summed E-state index contributed by atoms with van der Waals surface area (Å²) >= 11 is 0. The lowest BCUT2D eigenvalue weighted by molar-refractivity contribution is 0.189. The second kappa shape index (κ2) is 3.81. The maximum Gasteiger partial charge on any atom is 0.129 e. The number of hydrogen-bond acceptors (Lipinski definition) is 2. The van der Waals surface area contributed by atoms with Gasteiger partial charge in [0, 0.05) is 11.6 Å². The van der Waals surface area contributed by atoms with Gasteiger partial charge in [0.15, 0.2) is 0 Å². The van der Waals surface area contributed by atoms with Gasteiger partial charge in [0.05, 0.1) is 6.04 Å². The Bertz CT molecular complexity index is 378. The summed E-state index contributed by atoms with van der Waals surface area (Å²) in [6, 6.07) is 3.55. The van der Waals surface area contributed by atoms with E-state index >= 15 is 0 Å². The fourth-order valence-corrected chi connectivity index (χ4v) is 2.12. The Hall–Kier alpha value is -1.09. The minimum atomic E-state index is -0.194. The van der Waals surface area contributed by atoms with E-state index in [1.807, 2.05) is 13.1 Å². The van der Waals surface area contributed by atoms with Crippen molar-refractivity contribution in [1.29, 1.82) is 0 Å². The molecule has 0 bridgehead atoms. The van der Waals surface area contributed by atoms with Crippen LogP contribution in [-0.4, -0.2) is 13.2 Å². The third-order valence-electron chi connectivity index (χ3n) is 2.99. The molecule has 1 aromatic rings. The van der Waals surface area contributed by atoms with Crippen molar-refractivity contribution in [3.05, 3.63) is 29.1 Å². The fourth-order valence-electron chi connectivity index (χ4n) is 2.12. The van der Waals surface area contributed by atoms with E-state index in [4.69, 9.17) is 4.74 Å². The van der Waals surface area contributed by atoms with Crippen molar-refractivity contribution in [2.24, 2.45) is 0 Å². The minimum Gasteiger partial charge on any atom is -0.488 e. The number of aryl methyl sites for hydroxylation is 1. The molecule has 1 N–H and O–H groups in total. The third-order valence-corrected chi connectivity index (χ3v) is 2.99. The zero-order chi connectivity index (χ0) is 11.0. The van der Waals surface area contributed by atoms with Gasteiger partial charge in [-0.2, -0.15) is 0 Å².